The molecule has 0 fully saturated rings. The highest BCUT2D eigenvalue weighted by Gasteiger charge is 2.33. The fourth-order valence-electron chi connectivity index (χ4n) is 2.59. The molecule has 0 bridgehead atoms. The van der Waals surface area contributed by atoms with Crippen molar-refractivity contribution in [1.82, 2.24) is 5.32 Å². The zero-order chi connectivity index (χ0) is 20.2. The number of nitrogens with two attached hydrogens (primary N) is 1. The molecule has 3 N–H and O–H groups in total. The highest BCUT2D eigenvalue weighted by Crippen LogP contribution is 2.30. The van der Waals surface area contributed by atoms with E-state index in [1.165, 1.54) is 4.90 Å². The van der Waals surface area contributed by atoms with Gasteiger partial charge in [0.15, 0.2) is 0 Å². The van der Waals surface area contributed by atoms with E-state index in [4.69, 9.17) is 23.8 Å². The van der Waals surface area contributed by atoms with Crippen LogP contribution >= 0.6 is 11.6 Å². The van der Waals surface area contributed by atoms with Crippen molar-refractivity contribution in [2.75, 3.05) is 10.6 Å². The molecule has 0 spiro atoms. The van der Waals surface area contributed by atoms with Crippen molar-refractivity contribution in [3.8, 4) is 12.3 Å². The maximum Gasteiger partial charge on any atom is 0.303 e. The number of carbonyl (C=O) groups excluding carboxylic acids is 2. The largest absolute Gasteiger partial charge is 0.399 e. The molecule has 2 amide bonds. The van der Waals surface area contributed by atoms with E-state index < -0.39 is 17.5 Å². The van der Waals surface area contributed by atoms with Gasteiger partial charge in [0.2, 0.25) is 5.91 Å². The molecule has 140 valence electrons. The molecule has 27 heavy (non-hydrogen) atoms. The summed E-state index contributed by atoms with van der Waals surface area (Å²) in [5.74, 6) is 1.12. The van der Waals surface area contributed by atoms with Gasteiger partial charge in [-0.15, -0.1) is 6.42 Å². The molecule has 1 atom stereocenters. The van der Waals surface area contributed by atoms with Crippen molar-refractivity contribution in [3.05, 3.63) is 59.1 Å². The van der Waals surface area contributed by atoms with Gasteiger partial charge in [-0.3, -0.25) is 14.5 Å². The summed E-state index contributed by atoms with van der Waals surface area (Å²) in [7, 11) is 0. The lowest BCUT2D eigenvalue weighted by Crippen LogP contribution is -2.49. The number of anilines is 2. The van der Waals surface area contributed by atoms with E-state index in [1.54, 1.807) is 48.5 Å². The van der Waals surface area contributed by atoms with Crippen LogP contribution in [0.25, 0.3) is 0 Å². The summed E-state index contributed by atoms with van der Waals surface area (Å²) in [5, 5.41) is 3.42. The first-order chi connectivity index (χ1) is 12.6. The summed E-state index contributed by atoms with van der Waals surface area (Å²) in [5.41, 5.74) is 6.88. The van der Waals surface area contributed by atoms with Gasteiger partial charge in [0, 0.05) is 21.9 Å². The molecule has 2 aromatic carbocycles. The number of nitrogens with zero attached hydrogens (tertiary/aromatic N) is 1. The Hall–Kier alpha value is -2.97. The third-order valence-corrected chi connectivity index (χ3v) is 3.96. The number of nitrogen functional groups attached to an aromatic ring is 1. The van der Waals surface area contributed by atoms with E-state index >= 15 is 0 Å². The highest BCUT2D eigenvalue weighted by molar-refractivity contribution is 6.30. The van der Waals surface area contributed by atoms with E-state index in [-0.39, 0.29) is 5.91 Å². The molecule has 0 aliphatic heterocycles. The van der Waals surface area contributed by atoms with Crippen molar-refractivity contribution in [3.63, 3.8) is 0 Å². The summed E-state index contributed by atoms with van der Waals surface area (Å²) in [4.78, 5) is 27.0. The highest BCUT2D eigenvalue weighted by atomic mass is 35.5. The Kier molecular flexibility index (Phi) is 6.14. The fraction of sp³-hybridized carbons (Fsp3) is 0.238. The van der Waals surface area contributed by atoms with Crippen LogP contribution in [0.3, 0.4) is 0 Å². The zero-order valence-corrected chi connectivity index (χ0v) is 16.2. The van der Waals surface area contributed by atoms with E-state index in [9.17, 15) is 9.59 Å². The smallest absolute Gasteiger partial charge is 0.303 e. The molecular weight excluding hydrogens is 362 g/mol. The van der Waals surface area contributed by atoms with Gasteiger partial charge >= 0.3 is 5.91 Å². The van der Waals surface area contributed by atoms with Crippen molar-refractivity contribution in [2.45, 2.75) is 32.4 Å². The van der Waals surface area contributed by atoms with Crippen LogP contribution in [0.15, 0.2) is 48.5 Å². The molecule has 6 heteroatoms. The van der Waals surface area contributed by atoms with Gasteiger partial charge in [0.05, 0.1) is 0 Å². The molecule has 5 nitrogen and oxygen atoms in total. The maximum absolute atomic E-state index is 13.1. The average molecular weight is 384 g/mol. The molecule has 0 radical (unpaired) electrons. The SMILES string of the molecule is C#CC(=O)N(c1ccc(Cl)cc1)C(C(=O)NC(C)(C)C)c1ccc(N)cc1. The monoisotopic (exact) mass is 383 g/mol. The zero-order valence-electron chi connectivity index (χ0n) is 15.5. The first kappa shape index (κ1) is 20.3. The van der Waals surface area contributed by atoms with Gasteiger partial charge in [-0.2, -0.15) is 0 Å². The lowest BCUT2D eigenvalue weighted by Gasteiger charge is -2.32. The number of rotatable bonds is 4. The van der Waals surface area contributed by atoms with Crippen LogP contribution in [-0.2, 0) is 9.59 Å². The molecule has 0 aliphatic carbocycles. The van der Waals surface area contributed by atoms with Crippen LogP contribution in [0.4, 0.5) is 11.4 Å². The Morgan fingerprint density at radius 2 is 1.67 bits per heavy atom. The van der Waals surface area contributed by atoms with Crippen LogP contribution in [-0.4, -0.2) is 17.4 Å². The Morgan fingerprint density at radius 3 is 2.15 bits per heavy atom. The maximum atomic E-state index is 13.1. The Labute approximate surface area is 164 Å². The summed E-state index contributed by atoms with van der Waals surface area (Å²) in [6, 6.07) is 12.3. The Balaban J connectivity index is 2.60. The van der Waals surface area contributed by atoms with Crippen molar-refractivity contribution in [1.29, 1.82) is 0 Å². The number of nitrogens with one attached hydrogen (secondary N) is 1. The van der Waals surface area contributed by atoms with Crippen molar-refractivity contribution >= 4 is 34.8 Å². The molecule has 1 unspecified atom stereocenters. The van der Waals surface area contributed by atoms with Crippen LogP contribution in [0, 0.1) is 12.3 Å². The minimum absolute atomic E-state index is 0.356. The van der Waals surface area contributed by atoms with E-state index in [0.29, 0.717) is 22.0 Å². The van der Waals surface area contributed by atoms with Gasteiger partial charge in [-0.05, 0) is 68.7 Å². The Morgan fingerprint density at radius 1 is 1.11 bits per heavy atom. The fourth-order valence-corrected chi connectivity index (χ4v) is 2.71. The molecule has 0 heterocycles. The molecule has 0 saturated heterocycles. The van der Waals surface area contributed by atoms with Crippen LogP contribution in [0.2, 0.25) is 5.02 Å². The van der Waals surface area contributed by atoms with Gasteiger partial charge in [0.1, 0.15) is 6.04 Å². The normalized spacial score (nSPS) is 12.0. The van der Waals surface area contributed by atoms with Gasteiger partial charge in [-0.25, -0.2) is 0 Å². The number of hydrogen-bond acceptors (Lipinski definition) is 3. The first-order valence-electron chi connectivity index (χ1n) is 8.35. The number of amides is 2. The van der Waals surface area contributed by atoms with Crippen LogP contribution in [0.1, 0.15) is 32.4 Å². The number of carbonyl (C=O) groups is 2. The number of hydrogen-bond donors (Lipinski definition) is 2. The molecule has 0 aliphatic rings. The van der Waals surface area contributed by atoms with E-state index in [0.717, 1.165) is 0 Å². The third-order valence-electron chi connectivity index (χ3n) is 3.70. The molecular formula is C21H22ClN3O2. The number of halogens is 1. The van der Waals surface area contributed by atoms with Gasteiger partial charge in [0.25, 0.3) is 0 Å². The second-order valence-corrected chi connectivity index (χ2v) is 7.54. The topological polar surface area (TPSA) is 75.4 Å². The second kappa shape index (κ2) is 8.15. The standard InChI is InChI=1S/C21H22ClN3O2/c1-5-18(26)25(17-12-8-15(22)9-13-17)19(20(27)24-21(2,3)4)14-6-10-16(23)11-7-14/h1,6-13,19H,23H2,2-4H3,(H,24,27). The molecule has 0 saturated carbocycles. The predicted octanol–water partition coefficient (Wildman–Crippen LogP) is 3.54. The third kappa shape index (κ3) is 5.25. The van der Waals surface area contributed by atoms with E-state index in [1.807, 2.05) is 20.8 Å². The molecule has 2 rings (SSSR count). The summed E-state index contributed by atoms with van der Waals surface area (Å²) < 4.78 is 0. The van der Waals surface area contributed by atoms with Crippen molar-refractivity contribution < 1.29 is 9.59 Å². The van der Waals surface area contributed by atoms with E-state index in [2.05, 4.69) is 11.2 Å². The predicted molar refractivity (Wildman–Crippen MR) is 109 cm³/mol. The quantitative estimate of drug-likeness (QED) is 0.626. The van der Waals surface area contributed by atoms with Gasteiger partial charge in [-0.1, -0.05) is 23.7 Å². The first-order valence-corrected chi connectivity index (χ1v) is 8.73. The summed E-state index contributed by atoms with van der Waals surface area (Å²) in [6.07, 6.45) is 5.39. The average Bonchev–Trinajstić information content (AvgIpc) is 2.59. The van der Waals surface area contributed by atoms with Crippen LogP contribution in [0.5, 0.6) is 0 Å². The minimum Gasteiger partial charge on any atom is -0.399 e. The number of terminal acetylenes is 1. The van der Waals surface area contributed by atoms with Crippen molar-refractivity contribution in [2.24, 2.45) is 0 Å². The minimum atomic E-state index is -0.963. The van der Waals surface area contributed by atoms with Gasteiger partial charge < -0.3 is 11.1 Å². The Bertz CT molecular complexity index is 862. The summed E-state index contributed by atoms with van der Waals surface area (Å²) in [6.45, 7) is 5.59. The lowest BCUT2D eigenvalue weighted by molar-refractivity contribution is -0.126. The lowest BCUT2D eigenvalue weighted by atomic mass is 10.0. The second-order valence-electron chi connectivity index (χ2n) is 7.10. The molecule has 2 aromatic rings. The number of benzene rings is 2. The molecule has 0 aromatic heterocycles. The van der Waals surface area contributed by atoms with Crippen LogP contribution < -0.4 is 16.0 Å². The summed E-state index contributed by atoms with van der Waals surface area (Å²) >= 11 is 5.96.